The van der Waals surface area contributed by atoms with Crippen molar-refractivity contribution < 1.29 is 0 Å². The van der Waals surface area contributed by atoms with Gasteiger partial charge in [0.25, 0.3) is 0 Å². The van der Waals surface area contributed by atoms with Crippen LogP contribution >= 0.6 is 0 Å². The van der Waals surface area contributed by atoms with Crippen molar-refractivity contribution in [3.8, 4) is 0 Å². The van der Waals surface area contributed by atoms with E-state index in [0.29, 0.717) is 0 Å². The van der Waals surface area contributed by atoms with Gasteiger partial charge in [-0.05, 0) is 51.1 Å². The fourth-order valence-corrected chi connectivity index (χ4v) is 2.08. The van der Waals surface area contributed by atoms with E-state index in [1.54, 1.807) is 0 Å². The Hall–Kier alpha value is -0.120. The van der Waals surface area contributed by atoms with E-state index in [4.69, 9.17) is 5.73 Å². The lowest BCUT2D eigenvalue weighted by molar-refractivity contribution is 0.178. The molecule has 0 unspecified atom stereocenters. The van der Waals surface area contributed by atoms with Gasteiger partial charge in [0.1, 0.15) is 0 Å². The third-order valence-electron chi connectivity index (χ3n) is 3.49. The van der Waals surface area contributed by atoms with Crippen molar-refractivity contribution in [1.29, 1.82) is 0 Å². The molecule has 2 N–H and O–H groups in total. The first kappa shape index (κ1) is 16.9. The molecule has 0 aliphatic rings. The second kappa shape index (κ2) is 8.90. The zero-order valence-corrected chi connectivity index (χ0v) is 12.6. The molecule has 0 aromatic carbocycles. The molecule has 0 radical (unpaired) electrons. The van der Waals surface area contributed by atoms with Gasteiger partial charge in [-0.2, -0.15) is 0 Å². The summed E-state index contributed by atoms with van der Waals surface area (Å²) in [7, 11) is 0. The van der Waals surface area contributed by atoms with Crippen LogP contribution in [0.5, 0.6) is 0 Å². The Kier molecular flexibility index (Phi) is 8.83. The molecule has 0 spiro atoms. The average Bonchev–Trinajstić information content (AvgIpc) is 2.33. The maximum atomic E-state index is 5.79. The Balaban J connectivity index is 3.90. The summed E-state index contributed by atoms with van der Waals surface area (Å²) in [6, 6.07) is 0. The Bertz CT molecular complexity index is 176. The number of nitrogens with zero attached hydrogens (tertiary/aromatic N) is 2. The number of nitrogens with two attached hydrogens (primary N) is 1. The third-order valence-corrected chi connectivity index (χ3v) is 3.49. The fraction of sp³-hybridized carbons (Fsp3) is 1.00. The van der Waals surface area contributed by atoms with Gasteiger partial charge in [-0.3, -0.25) is 0 Å². The fourth-order valence-electron chi connectivity index (χ4n) is 2.08. The van der Waals surface area contributed by atoms with Crippen molar-refractivity contribution in [2.75, 3.05) is 45.8 Å². The second-order valence-electron chi connectivity index (χ2n) is 5.62. The minimum absolute atomic E-state index is 0.241. The van der Waals surface area contributed by atoms with Crippen molar-refractivity contribution in [3.63, 3.8) is 0 Å². The van der Waals surface area contributed by atoms with E-state index < -0.39 is 0 Å². The largest absolute Gasteiger partial charge is 0.330 e. The summed E-state index contributed by atoms with van der Waals surface area (Å²) < 4.78 is 0. The summed E-state index contributed by atoms with van der Waals surface area (Å²) in [6.45, 7) is 18.9. The second-order valence-corrected chi connectivity index (χ2v) is 5.62. The van der Waals surface area contributed by atoms with E-state index in [1.165, 1.54) is 19.5 Å². The van der Waals surface area contributed by atoms with Gasteiger partial charge in [-0.1, -0.05) is 34.6 Å². The van der Waals surface area contributed by atoms with E-state index in [0.717, 1.165) is 32.7 Å². The van der Waals surface area contributed by atoms with Crippen LogP contribution in [0.3, 0.4) is 0 Å². The van der Waals surface area contributed by atoms with Gasteiger partial charge in [0.05, 0.1) is 0 Å². The standard InChI is InChI=1S/C14H33N3/c1-6-16(7-2)10-9-11-17(8-3)13-14(4,5)12-15/h6-13,15H2,1-5H3. The van der Waals surface area contributed by atoms with E-state index in [1.807, 2.05) is 0 Å². The lowest BCUT2D eigenvalue weighted by Gasteiger charge is -2.31. The number of rotatable bonds is 10. The minimum atomic E-state index is 0.241. The Morgan fingerprint density at radius 3 is 1.76 bits per heavy atom. The van der Waals surface area contributed by atoms with Crippen molar-refractivity contribution in [3.05, 3.63) is 0 Å². The first-order chi connectivity index (χ1) is 7.99. The van der Waals surface area contributed by atoms with Gasteiger partial charge >= 0.3 is 0 Å². The van der Waals surface area contributed by atoms with Gasteiger partial charge in [-0.15, -0.1) is 0 Å². The van der Waals surface area contributed by atoms with Crippen molar-refractivity contribution >= 4 is 0 Å². The smallest absolute Gasteiger partial charge is 0.00446 e. The Labute approximate surface area is 108 Å². The van der Waals surface area contributed by atoms with Gasteiger partial charge in [0.15, 0.2) is 0 Å². The summed E-state index contributed by atoms with van der Waals surface area (Å²) in [5.41, 5.74) is 6.04. The molecule has 0 aliphatic heterocycles. The molecular weight excluding hydrogens is 210 g/mol. The number of hydrogen-bond acceptors (Lipinski definition) is 3. The molecule has 0 heterocycles. The minimum Gasteiger partial charge on any atom is -0.330 e. The van der Waals surface area contributed by atoms with Crippen molar-refractivity contribution in [2.24, 2.45) is 11.1 Å². The molecule has 104 valence electrons. The molecule has 0 fully saturated rings. The Morgan fingerprint density at radius 2 is 1.35 bits per heavy atom. The van der Waals surface area contributed by atoms with E-state index in [2.05, 4.69) is 44.4 Å². The summed E-state index contributed by atoms with van der Waals surface area (Å²) >= 11 is 0. The normalized spacial score (nSPS) is 12.7. The third kappa shape index (κ3) is 7.74. The van der Waals surface area contributed by atoms with E-state index in [-0.39, 0.29) is 5.41 Å². The molecule has 0 bridgehead atoms. The van der Waals surface area contributed by atoms with Gasteiger partial charge in [0, 0.05) is 6.54 Å². The van der Waals surface area contributed by atoms with Crippen LogP contribution in [0.15, 0.2) is 0 Å². The van der Waals surface area contributed by atoms with E-state index >= 15 is 0 Å². The molecule has 17 heavy (non-hydrogen) atoms. The monoisotopic (exact) mass is 243 g/mol. The lowest BCUT2D eigenvalue weighted by atomic mass is 9.93. The van der Waals surface area contributed by atoms with Gasteiger partial charge in [-0.25, -0.2) is 0 Å². The quantitative estimate of drug-likeness (QED) is 0.637. The predicted octanol–water partition coefficient (Wildman–Crippen LogP) is 2.03. The van der Waals surface area contributed by atoms with Crippen LogP contribution in [0.2, 0.25) is 0 Å². The SMILES string of the molecule is CCN(CC)CCCN(CC)CC(C)(C)CN. The van der Waals surface area contributed by atoms with E-state index in [9.17, 15) is 0 Å². The highest BCUT2D eigenvalue weighted by molar-refractivity contribution is 4.74. The molecule has 3 nitrogen and oxygen atoms in total. The van der Waals surface area contributed by atoms with Crippen LogP contribution in [0.25, 0.3) is 0 Å². The van der Waals surface area contributed by atoms with Crippen LogP contribution < -0.4 is 5.73 Å². The highest BCUT2D eigenvalue weighted by Gasteiger charge is 2.18. The van der Waals surface area contributed by atoms with Crippen LogP contribution in [0, 0.1) is 5.41 Å². The highest BCUT2D eigenvalue weighted by atomic mass is 15.1. The first-order valence-electron chi connectivity index (χ1n) is 7.13. The zero-order valence-electron chi connectivity index (χ0n) is 12.6. The Morgan fingerprint density at radius 1 is 0.882 bits per heavy atom. The zero-order chi connectivity index (χ0) is 13.3. The first-order valence-corrected chi connectivity index (χ1v) is 7.13. The molecule has 0 atom stereocenters. The molecule has 0 aliphatic carbocycles. The van der Waals surface area contributed by atoms with Crippen molar-refractivity contribution in [1.82, 2.24) is 9.80 Å². The van der Waals surface area contributed by atoms with Gasteiger partial charge < -0.3 is 15.5 Å². The average molecular weight is 243 g/mol. The molecule has 0 aromatic heterocycles. The van der Waals surface area contributed by atoms with Crippen LogP contribution in [0.1, 0.15) is 41.0 Å². The molecule has 0 saturated heterocycles. The predicted molar refractivity (Wildman–Crippen MR) is 77.4 cm³/mol. The van der Waals surface area contributed by atoms with Gasteiger partial charge in [0.2, 0.25) is 0 Å². The number of hydrogen-bond donors (Lipinski definition) is 1. The molecule has 0 amide bonds. The summed E-state index contributed by atoms with van der Waals surface area (Å²) in [6.07, 6.45) is 1.26. The van der Waals surface area contributed by atoms with Crippen LogP contribution in [-0.4, -0.2) is 55.6 Å². The van der Waals surface area contributed by atoms with Crippen molar-refractivity contribution in [2.45, 2.75) is 41.0 Å². The van der Waals surface area contributed by atoms with Crippen LogP contribution in [-0.2, 0) is 0 Å². The summed E-state index contributed by atoms with van der Waals surface area (Å²) in [5, 5.41) is 0. The molecule has 0 aromatic rings. The molecule has 0 rings (SSSR count). The maximum absolute atomic E-state index is 5.79. The molecular formula is C14H33N3. The van der Waals surface area contributed by atoms with Crippen LogP contribution in [0.4, 0.5) is 0 Å². The molecule has 0 saturated carbocycles. The lowest BCUT2D eigenvalue weighted by Crippen LogP contribution is -2.40. The summed E-state index contributed by atoms with van der Waals surface area (Å²) in [5.74, 6) is 0. The summed E-state index contributed by atoms with van der Waals surface area (Å²) in [4.78, 5) is 5.01. The maximum Gasteiger partial charge on any atom is 0.00446 e. The molecule has 3 heteroatoms. The topological polar surface area (TPSA) is 32.5 Å². The highest BCUT2D eigenvalue weighted by Crippen LogP contribution is 2.14.